The fourth-order valence-corrected chi connectivity index (χ4v) is 5.95. The number of ether oxygens (including phenoxy) is 3. The lowest BCUT2D eigenvalue weighted by molar-refractivity contribution is -0.384. The van der Waals surface area contributed by atoms with E-state index in [1.54, 1.807) is 44.2 Å². The van der Waals surface area contributed by atoms with E-state index in [1.807, 2.05) is 0 Å². The molecule has 2 aromatic heterocycles. The lowest BCUT2D eigenvalue weighted by Crippen LogP contribution is -2.39. The molecule has 0 saturated carbocycles. The van der Waals surface area contributed by atoms with Crippen LogP contribution >= 0.6 is 22.9 Å². The van der Waals surface area contributed by atoms with Gasteiger partial charge in [0.05, 0.1) is 38.9 Å². The number of allylic oxidation sites excluding steroid dienone is 1. The summed E-state index contributed by atoms with van der Waals surface area (Å²) in [5, 5.41) is 11.8. The van der Waals surface area contributed by atoms with Crippen LogP contribution in [0.25, 0.3) is 17.4 Å². The highest BCUT2D eigenvalue weighted by atomic mass is 35.5. The Morgan fingerprint density at radius 2 is 2.02 bits per heavy atom. The van der Waals surface area contributed by atoms with E-state index in [9.17, 15) is 19.7 Å². The molecule has 2 aromatic carbocycles. The van der Waals surface area contributed by atoms with E-state index in [4.69, 9.17) is 30.2 Å². The highest BCUT2D eigenvalue weighted by Gasteiger charge is 2.34. The molecule has 4 aromatic rings. The van der Waals surface area contributed by atoms with E-state index in [-0.39, 0.29) is 41.0 Å². The molecule has 2 aliphatic heterocycles. The molecule has 13 heteroatoms. The molecule has 0 spiro atoms. The van der Waals surface area contributed by atoms with Crippen molar-refractivity contribution in [2.24, 2.45) is 4.99 Å². The van der Waals surface area contributed by atoms with Crippen LogP contribution in [0, 0.1) is 10.1 Å². The normalized spacial score (nSPS) is 16.0. The smallest absolute Gasteiger partial charge is 0.338 e. The predicted molar refractivity (Wildman–Crippen MR) is 149 cm³/mol. The standard InChI is InChI=1S/C28H20ClN3O8S/c1-3-37-27(34)24-14(2)30-28-31(25(24)15-4-8-21-22(10-15)39-13-38-21)26(33)23(41-28)12-17-6-9-20(40-17)18-7-5-16(29)11-19(18)32(35)36/h4-12,25H,3,13H2,1-2H3/b23-12+/t25-/m0/s1. The van der Waals surface area contributed by atoms with E-state index in [0.29, 0.717) is 37.9 Å². The summed E-state index contributed by atoms with van der Waals surface area (Å²) in [6, 6.07) is 11.9. The number of fused-ring (bicyclic) bond motifs is 2. The molecule has 0 bridgehead atoms. The van der Waals surface area contributed by atoms with Crippen molar-refractivity contribution in [3.8, 4) is 22.8 Å². The van der Waals surface area contributed by atoms with Crippen LogP contribution in [-0.2, 0) is 9.53 Å². The van der Waals surface area contributed by atoms with Crippen LogP contribution in [0.2, 0.25) is 5.02 Å². The lowest BCUT2D eigenvalue weighted by atomic mass is 9.95. The quantitative estimate of drug-likeness (QED) is 0.183. The summed E-state index contributed by atoms with van der Waals surface area (Å²) in [5.74, 6) is 1.03. The number of nitrogens with zero attached hydrogens (tertiary/aromatic N) is 3. The average Bonchev–Trinajstić information content (AvgIpc) is 3.67. The summed E-state index contributed by atoms with van der Waals surface area (Å²) in [5.41, 5.74) is 0.923. The van der Waals surface area contributed by atoms with Gasteiger partial charge in [-0.3, -0.25) is 19.5 Å². The van der Waals surface area contributed by atoms with Crippen LogP contribution in [0.4, 0.5) is 5.69 Å². The third-order valence-electron chi connectivity index (χ3n) is 6.55. The lowest BCUT2D eigenvalue weighted by Gasteiger charge is -2.24. The van der Waals surface area contributed by atoms with Gasteiger partial charge in [-0.1, -0.05) is 29.0 Å². The molecule has 0 aliphatic carbocycles. The van der Waals surface area contributed by atoms with Gasteiger partial charge in [-0.15, -0.1) is 0 Å². The monoisotopic (exact) mass is 593 g/mol. The fourth-order valence-electron chi connectivity index (χ4n) is 4.76. The van der Waals surface area contributed by atoms with Gasteiger partial charge in [-0.2, -0.15) is 0 Å². The molecule has 6 rings (SSSR count). The SMILES string of the molecule is CCOC(=O)C1=C(C)N=c2s/c(=C/c3ccc(-c4ccc(Cl)cc4[N+](=O)[O-])o3)c(=O)n2[C@H]1c1ccc2c(c1)OCO2. The minimum Gasteiger partial charge on any atom is -0.463 e. The second kappa shape index (κ2) is 10.4. The first kappa shape index (κ1) is 26.5. The largest absolute Gasteiger partial charge is 0.463 e. The number of nitro groups is 1. The Hall–Kier alpha value is -4.68. The number of esters is 1. The number of carbonyl (C=O) groups excluding carboxylic acids is 1. The maximum absolute atomic E-state index is 13.8. The Balaban J connectivity index is 1.47. The second-order valence-electron chi connectivity index (χ2n) is 9.04. The summed E-state index contributed by atoms with van der Waals surface area (Å²) in [4.78, 5) is 42.9. The number of benzene rings is 2. The van der Waals surface area contributed by atoms with Crippen molar-refractivity contribution >= 4 is 40.7 Å². The van der Waals surface area contributed by atoms with E-state index >= 15 is 0 Å². The van der Waals surface area contributed by atoms with Gasteiger partial charge in [0.15, 0.2) is 16.3 Å². The molecule has 0 radical (unpaired) electrons. The Morgan fingerprint density at radius 1 is 1.22 bits per heavy atom. The number of hydrogen-bond donors (Lipinski definition) is 0. The highest BCUT2D eigenvalue weighted by molar-refractivity contribution is 7.07. The van der Waals surface area contributed by atoms with Crippen molar-refractivity contribution in [2.75, 3.05) is 13.4 Å². The minimum atomic E-state index is -0.828. The van der Waals surface area contributed by atoms with Crippen LogP contribution in [0.1, 0.15) is 31.2 Å². The van der Waals surface area contributed by atoms with E-state index in [1.165, 1.54) is 28.8 Å². The predicted octanol–water partition coefficient (Wildman–Crippen LogP) is 4.35. The van der Waals surface area contributed by atoms with Crippen LogP contribution in [0.15, 0.2) is 74.0 Å². The molecular weight excluding hydrogens is 574 g/mol. The summed E-state index contributed by atoms with van der Waals surface area (Å²) in [7, 11) is 0. The van der Waals surface area contributed by atoms with Crippen molar-refractivity contribution in [2.45, 2.75) is 19.9 Å². The number of carbonyl (C=O) groups is 1. The first-order valence-corrected chi connectivity index (χ1v) is 13.6. The zero-order chi connectivity index (χ0) is 28.8. The van der Waals surface area contributed by atoms with E-state index < -0.39 is 22.5 Å². The van der Waals surface area contributed by atoms with Gasteiger partial charge in [-0.25, -0.2) is 9.79 Å². The molecule has 4 heterocycles. The van der Waals surface area contributed by atoms with Gasteiger partial charge in [0.25, 0.3) is 11.2 Å². The first-order valence-electron chi connectivity index (χ1n) is 12.4. The molecule has 0 saturated heterocycles. The van der Waals surface area contributed by atoms with E-state index in [0.717, 1.165) is 11.3 Å². The number of hydrogen-bond acceptors (Lipinski definition) is 10. The van der Waals surface area contributed by atoms with Crippen molar-refractivity contribution in [3.05, 3.63) is 106 Å². The molecule has 11 nitrogen and oxygen atoms in total. The average molecular weight is 594 g/mol. The molecule has 0 N–H and O–H groups in total. The maximum Gasteiger partial charge on any atom is 0.338 e. The minimum absolute atomic E-state index is 0.0749. The van der Waals surface area contributed by atoms with Crippen LogP contribution < -0.4 is 24.4 Å². The maximum atomic E-state index is 13.8. The van der Waals surface area contributed by atoms with E-state index in [2.05, 4.69) is 4.99 Å². The van der Waals surface area contributed by atoms with Gasteiger partial charge < -0.3 is 18.6 Å². The van der Waals surface area contributed by atoms with Gasteiger partial charge in [0.1, 0.15) is 11.5 Å². The van der Waals surface area contributed by atoms with Gasteiger partial charge in [0.2, 0.25) is 6.79 Å². The van der Waals surface area contributed by atoms with Crippen LogP contribution in [0.3, 0.4) is 0 Å². The first-order chi connectivity index (χ1) is 19.7. The van der Waals surface area contributed by atoms with Gasteiger partial charge >= 0.3 is 5.97 Å². The molecule has 0 amide bonds. The molecule has 2 aliphatic rings. The van der Waals surface area contributed by atoms with Crippen molar-refractivity contribution in [1.82, 2.24) is 4.57 Å². The van der Waals surface area contributed by atoms with Crippen LogP contribution in [-0.4, -0.2) is 28.9 Å². The zero-order valence-corrected chi connectivity index (χ0v) is 23.2. The highest BCUT2D eigenvalue weighted by Crippen LogP contribution is 2.38. The van der Waals surface area contributed by atoms with Gasteiger partial charge in [-0.05, 0) is 55.8 Å². The topological polar surface area (TPSA) is 135 Å². The molecule has 208 valence electrons. The molecule has 0 unspecified atom stereocenters. The second-order valence-corrected chi connectivity index (χ2v) is 10.5. The molecule has 0 fully saturated rings. The number of aromatic nitrogens is 1. The number of thiazole rings is 1. The molecule has 1 atom stereocenters. The third-order valence-corrected chi connectivity index (χ3v) is 7.77. The van der Waals surface area contributed by atoms with Crippen molar-refractivity contribution in [3.63, 3.8) is 0 Å². The van der Waals surface area contributed by atoms with Crippen LogP contribution in [0.5, 0.6) is 11.5 Å². The van der Waals surface area contributed by atoms with Gasteiger partial charge in [0, 0.05) is 17.2 Å². The number of furan rings is 1. The van der Waals surface area contributed by atoms with Crippen molar-refractivity contribution in [1.29, 1.82) is 0 Å². The summed E-state index contributed by atoms with van der Waals surface area (Å²) >= 11 is 7.06. The fraction of sp³-hybridized carbons (Fsp3) is 0.179. The zero-order valence-electron chi connectivity index (χ0n) is 21.6. The summed E-state index contributed by atoms with van der Waals surface area (Å²) in [6.07, 6.45) is 1.54. The Bertz CT molecular complexity index is 1950. The Kier molecular flexibility index (Phi) is 6.72. The Labute approximate surface area is 240 Å². The number of rotatable bonds is 6. The molecular formula is C28H20ClN3O8S. The van der Waals surface area contributed by atoms with Crippen molar-refractivity contribution < 1.29 is 28.3 Å². The summed E-state index contributed by atoms with van der Waals surface area (Å²) < 4.78 is 23.9. The molecule has 41 heavy (non-hydrogen) atoms. The third kappa shape index (κ3) is 4.70. The summed E-state index contributed by atoms with van der Waals surface area (Å²) in [6.45, 7) is 3.63. The number of halogens is 1. The number of nitro benzene ring substituents is 1. The Morgan fingerprint density at radius 3 is 2.80 bits per heavy atom.